The second-order valence-corrected chi connectivity index (χ2v) is 4.49. The van der Waals surface area contributed by atoms with E-state index in [-0.39, 0.29) is 11.9 Å². The zero-order chi connectivity index (χ0) is 13.5. The number of nitrogens with zero attached hydrogens (tertiary/aromatic N) is 1. The first-order chi connectivity index (χ1) is 8.52. The summed E-state index contributed by atoms with van der Waals surface area (Å²) in [4.78, 5) is 4.32. The maximum absolute atomic E-state index is 12.9. The molecule has 0 unspecified atom stereocenters. The van der Waals surface area contributed by atoms with Crippen molar-refractivity contribution in [3.63, 3.8) is 0 Å². The summed E-state index contributed by atoms with van der Waals surface area (Å²) in [5.74, 6) is 5.73. The Morgan fingerprint density at radius 3 is 2.72 bits per heavy atom. The highest BCUT2D eigenvalue weighted by Crippen LogP contribution is 2.10. The van der Waals surface area contributed by atoms with Crippen LogP contribution >= 0.6 is 0 Å². The molecule has 0 heterocycles. The Bertz CT molecular complexity index is 415. The van der Waals surface area contributed by atoms with Gasteiger partial charge in [0.05, 0.1) is 0 Å². The van der Waals surface area contributed by atoms with E-state index < -0.39 is 0 Å². The second-order valence-electron chi connectivity index (χ2n) is 4.49. The second kappa shape index (κ2) is 6.96. The van der Waals surface area contributed by atoms with Crippen LogP contribution in [0.5, 0.6) is 0 Å². The molecule has 1 rings (SSSR count). The van der Waals surface area contributed by atoms with Gasteiger partial charge in [0.2, 0.25) is 5.96 Å². The van der Waals surface area contributed by atoms with Crippen molar-refractivity contribution >= 4 is 5.96 Å². The van der Waals surface area contributed by atoms with Crippen molar-refractivity contribution in [2.45, 2.75) is 33.2 Å². The highest BCUT2D eigenvalue weighted by atomic mass is 19.1. The summed E-state index contributed by atoms with van der Waals surface area (Å²) in [6.45, 7) is 6.52. The Kier molecular flexibility index (Phi) is 5.58. The molecule has 1 aromatic rings. The number of guanidine groups is 1. The van der Waals surface area contributed by atoms with Gasteiger partial charge in [0, 0.05) is 12.6 Å². The third-order valence-corrected chi connectivity index (χ3v) is 2.52. The summed E-state index contributed by atoms with van der Waals surface area (Å²) in [7, 11) is 0. The van der Waals surface area contributed by atoms with Gasteiger partial charge in [-0.25, -0.2) is 10.2 Å². The number of aryl methyl sites for hydroxylation is 1. The molecule has 0 saturated heterocycles. The predicted molar refractivity (Wildman–Crippen MR) is 72.7 cm³/mol. The highest BCUT2D eigenvalue weighted by Gasteiger charge is 2.01. The Hall–Kier alpha value is -1.62. The molecule has 0 aromatic heterocycles. The van der Waals surface area contributed by atoms with Crippen LogP contribution in [0.15, 0.2) is 23.2 Å². The summed E-state index contributed by atoms with van der Waals surface area (Å²) >= 11 is 0. The minimum Gasteiger partial charge on any atom is -0.353 e. The van der Waals surface area contributed by atoms with Gasteiger partial charge in [-0.3, -0.25) is 10.4 Å². The van der Waals surface area contributed by atoms with Crippen LogP contribution in [0.25, 0.3) is 0 Å². The molecule has 5 heteroatoms. The van der Waals surface area contributed by atoms with Crippen molar-refractivity contribution in [1.82, 2.24) is 10.7 Å². The van der Waals surface area contributed by atoms with Gasteiger partial charge in [0.1, 0.15) is 5.82 Å². The quantitative estimate of drug-likeness (QED) is 0.329. The molecule has 4 N–H and O–H groups in total. The maximum Gasteiger partial charge on any atom is 0.205 e. The van der Waals surface area contributed by atoms with Crippen molar-refractivity contribution in [2.24, 2.45) is 10.8 Å². The molecule has 0 radical (unpaired) electrons. The lowest BCUT2D eigenvalue weighted by atomic mass is 10.1. The fourth-order valence-electron chi connectivity index (χ4n) is 1.63. The Labute approximate surface area is 107 Å². The van der Waals surface area contributed by atoms with Crippen LogP contribution in [0.2, 0.25) is 0 Å². The van der Waals surface area contributed by atoms with E-state index in [1.165, 1.54) is 12.1 Å². The van der Waals surface area contributed by atoms with Gasteiger partial charge < -0.3 is 5.32 Å². The Morgan fingerprint density at radius 1 is 1.44 bits per heavy atom. The van der Waals surface area contributed by atoms with Crippen LogP contribution in [-0.4, -0.2) is 18.5 Å². The topological polar surface area (TPSA) is 62.4 Å². The zero-order valence-electron chi connectivity index (χ0n) is 11.1. The van der Waals surface area contributed by atoms with Gasteiger partial charge in [-0.05, 0) is 50.5 Å². The van der Waals surface area contributed by atoms with Gasteiger partial charge >= 0.3 is 0 Å². The predicted octanol–water partition coefficient (Wildman–Crippen LogP) is 1.49. The summed E-state index contributed by atoms with van der Waals surface area (Å²) < 4.78 is 12.9. The normalized spacial score (nSPS) is 11.8. The summed E-state index contributed by atoms with van der Waals surface area (Å²) in [5, 5.41) is 3.09. The van der Waals surface area contributed by atoms with Crippen LogP contribution in [0.3, 0.4) is 0 Å². The molecule has 100 valence electrons. The van der Waals surface area contributed by atoms with Gasteiger partial charge in [0.25, 0.3) is 0 Å². The van der Waals surface area contributed by atoms with Crippen molar-refractivity contribution < 1.29 is 4.39 Å². The lowest BCUT2D eigenvalue weighted by Gasteiger charge is -2.12. The number of hydrogen-bond donors (Lipinski definition) is 3. The molecule has 0 aliphatic rings. The average Bonchev–Trinajstić information content (AvgIpc) is 2.30. The average molecular weight is 252 g/mol. The molecule has 0 fully saturated rings. The van der Waals surface area contributed by atoms with Crippen LogP contribution in [0.4, 0.5) is 4.39 Å². The third kappa shape index (κ3) is 4.71. The SMILES string of the molecule is Cc1cc(F)ccc1CCN=C(NN)NC(C)C. The van der Waals surface area contributed by atoms with E-state index in [1.807, 2.05) is 20.8 Å². The van der Waals surface area contributed by atoms with Gasteiger partial charge in [-0.1, -0.05) is 6.07 Å². The van der Waals surface area contributed by atoms with Gasteiger partial charge in [-0.2, -0.15) is 0 Å². The monoisotopic (exact) mass is 252 g/mol. The van der Waals surface area contributed by atoms with Crippen LogP contribution < -0.4 is 16.6 Å². The molecular weight excluding hydrogens is 231 g/mol. The van der Waals surface area contributed by atoms with Crippen LogP contribution in [0.1, 0.15) is 25.0 Å². The molecule has 18 heavy (non-hydrogen) atoms. The first-order valence-electron chi connectivity index (χ1n) is 6.05. The van der Waals surface area contributed by atoms with Crippen molar-refractivity contribution in [1.29, 1.82) is 0 Å². The fourth-order valence-corrected chi connectivity index (χ4v) is 1.63. The first kappa shape index (κ1) is 14.4. The first-order valence-corrected chi connectivity index (χ1v) is 6.05. The minimum absolute atomic E-state index is 0.203. The summed E-state index contributed by atoms with van der Waals surface area (Å²) in [6.07, 6.45) is 0.761. The Morgan fingerprint density at radius 2 is 2.17 bits per heavy atom. The molecule has 0 bridgehead atoms. The van der Waals surface area contributed by atoms with Crippen molar-refractivity contribution in [3.8, 4) is 0 Å². The molecule has 0 atom stereocenters. The molecule has 1 aromatic carbocycles. The number of nitrogens with one attached hydrogen (secondary N) is 2. The van der Waals surface area contributed by atoms with E-state index in [0.29, 0.717) is 12.5 Å². The molecule has 0 spiro atoms. The number of rotatable bonds is 4. The molecular formula is C13H21FN4. The fraction of sp³-hybridized carbons (Fsp3) is 0.462. The van der Waals surface area contributed by atoms with E-state index in [9.17, 15) is 4.39 Å². The Balaban J connectivity index is 2.56. The maximum atomic E-state index is 12.9. The van der Waals surface area contributed by atoms with E-state index in [2.05, 4.69) is 15.7 Å². The lowest BCUT2D eigenvalue weighted by Crippen LogP contribution is -2.44. The minimum atomic E-state index is -0.203. The van der Waals surface area contributed by atoms with E-state index in [1.54, 1.807) is 6.07 Å². The number of benzene rings is 1. The van der Waals surface area contributed by atoms with Crippen LogP contribution in [0, 0.1) is 12.7 Å². The number of halogens is 1. The van der Waals surface area contributed by atoms with Crippen LogP contribution in [-0.2, 0) is 6.42 Å². The molecule has 4 nitrogen and oxygen atoms in total. The molecule has 0 aliphatic carbocycles. The summed E-state index contributed by atoms with van der Waals surface area (Å²) in [6, 6.07) is 5.08. The van der Waals surface area contributed by atoms with E-state index in [4.69, 9.17) is 5.84 Å². The summed E-state index contributed by atoms with van der Waals surface area (Å²) in [5.41, 5.74) is 4.57. The van der Waals surface area contributed by atoms with Crippen molar-refractivity contribution in [3.05, 3.63) is 35.1 Å². The zero-order valence-corrected chi connectivity index (χ0v) is 11.1. The molecule has 0 aliphatic heterocycles. The lowest BCUT2D eigenvalue weighted by molar-refractivity contribution is 0.625. The molecule has 0 saturated carbocycles. The number of hydrogen-bond acceptors (Lipinski definition) is 2. The smallest absolute Gasteiger partial charge is 0.205 e. The largest absolute Gasteiger partial charge is 0.353 e. The number of hydrazine groups is 1. The molecule has 0 amide bonds. The van der Waals surface area contributed by atoms with Crippen molar-refractivity contribution in [2.75, 3.05) is 6.54 Å². The van der Waals surface area contributed by atoms with E-state index in [0.717, 1.165) is 17.5 Å². The third-order valence-electron chi connectivity index (χ3n) is 2.52. The number of aliphatic imine (C=N–C) groups is 1. The standard InChI is InChI=1S/C13H21FN4/c1-9(2)17-13(18-15)16-7-6-11-4-5-12(14)8-10(11)3/h4-5,8-9H,6-7,15H2,1-3H3,(H2,16,17,18). The van der Waals surface area contributed by atoms with E-state index >= 15 is 0 Å². The van der Waals surface area contributed by atoms with Gasteiger partial charge in [-0.15, -0.1) is 0 Å². The number of nitrogens with two attached hydrogens (primary N) is 1. The van der Waals surface area contributed by atoms with Gasteiger partial charge in [0.15, 0.2) is 0 Å². The highest BCUT2D eigenvalue weighted by molar-refractivity contribution is 5.79.